The topological polar surface area (TPSA) is 87.2 Å². The molecule has 198 valence electrons. The number of rotatable bonds is 5. The first-order chi connectivity index (χ1) is 17.7. The lowest BCUT2D eigenvalue weighted by Crippen LogP contribution is -2.57. The number of hydrogen-bond acceptors (Lipinski definition) is 6. The molecule has 0 aromatic heterocycles. The zero-order valence-corrected chi connectivity index (χ0v) is 22.7. The minimum Gasteiger partial charge on any atom is -0.465 e. The number of nitrogens with zero attached hydrogens (tertiary/aromatic N) is 2. The molecule has 2 saturated heterocycles. The predicted octanol–water partition coefficient (Wildman–Crippen LogP) is 3.41. The fourth-order valence-electron chi connectivity index (χ4n) is 6.69. The zero-order valence-electron chi connectivity index (χ0n) is 21.9. The lowest BCUT2D eigenvalue weighted by Gasteiger charge is -2.39. The lowest BCUT2D eigenvalue weighted by molar-refractivity contribution is -0.153. The van der Waals surface area contributed by atoms with Crippen LogP contribution in [0.3, 0.4) is 0 Å². The van der Waals surface area contributed by atoms with Crippen molar-refractivity contribution in [2.24, 2.45) is 17.8 Å². The molecule has 0 saturated carbocycles. The van der Waals surface area contributed by atoms with Crippen LogP contribution in [0.2, 0.25) is 0 Å². The Kier molecular flexibility index (Phi) is 7.00. The largest absolute Gasteiger partial charge is 0.465 e. The van der Waals surface area contributed by atoms with Crippen LogP contribution in [-0.2, 0) is 19.1 Å². The summed E-state index contributed by atoms with van der Waals surface area (Å²) >= 11 is 1.53. The summed E-state index contributed by atoms with van der Waals surface area (Å²) in [6.45, 7) is 8.48. The van der Waals surface area contributed by atoms with E-state index < -0.39 is 28.7 Å². The molecule has 4 aliphatic heterocycles. The van der Waals surface area contributed by atoms with Crippen LogP contribution in [0.1, 0.15) is 37.8 Å². The summed E-state index contributed by atoms with van der Waals surface area (Å²) in [6.07, 6.45) is 9.20. The number of aryl methyl sites for hydroxylation is 2. The van der Waals surface area contributed by atoms with Crippen molar-refractivity contribution < 1.29 is 24.2 Å². The van der Waals surface area contributed by atoms with E-state index in [1.165, 1.54) is 11.8 Å². The van der Waals surface area contributed by atoms with E-state index in [0.29, 0.717) is 19.4 Å². The third-order valence-electron chi connectivity index (χ3n) is 8.12. The first-order valence-corrected chi connectivity index (χ1v) is 14.1. The van der Waals surface area contributed by atoms with Crippen molar-refractivity contribution in [3.8, 4) is 0 Å². The highest BCUT2D eigenvalue weighted by Gasteiger charge is 2.71. The SMILES string of the molecule is Cc1cccc(C)c1N1CC=C[C@]23S[C@@H]4C=CCCOC(=O)[C@@H]4[C@H]2C(=O)N([C@@H](CO)CC(C)C)C3C1=O. The molecular weight excluding hydrogens is 488 g/mol. The Hall–Kier alpha value is -2.58. The Morgan fingerprint density at radius 1 is 1.14 bits per heavy atom. The number of hydrogen-bond donors (Lipinski definition) is 1. The van der Waals surface area contributed by atoms with Gasteiger partial charge in [-0.1, -0.05) is 56.4 Å². The molecule has 2 amide bonds. The second-order valence-corrected chi connectivity index (χ2v) is 12.5. The number of fused-ring (bicyclic) bond motifs is 2. The van der Waals surface area contributed by atoms with E-state index >= 15 is 0 Å². The number of cyclic esters (lactones) is 1. The number of likely N-dealkylation sites (tertiary alicyclic amines) is 1. The minimum absolute atomic E-state index is 0.167. The van der Waals surface area contributed by atoms with Crippen molar-refractivity contribution >= 4 is 35.2 Å². The molecule has 1 aromatic carbocycles. The molecule has 8 heteroatoms. The minimum atomic E-state index is -0.924. The van der Waals surface area contributed by atoms with Crippen molar-refractivity contribution in [3.05, 3.63) is 53.6 Å². The van der Waals surface area contributed by atoms with Crippen LogP contribution in [0.25, 0.3) is 0 Å². The third-order valence-corrected chi connectivity index (χ3v) is 9.86. The first-order valence-electron chi connectivity index (χ1n) is 13.2. The van der Waals surface area contributed by atoms with Gasteiger partial charge in [-0.3, -0.25) is 14.4 Å². The summed E-state index contributed by atoms with van der Waals surface area (Å²) in [5.74, 6) is -1.98. The van der Waals surface area contributed by atoms with Gasteiger partial charge >= 0.3 is 5.97 Å². The van der Waals surface area contributed by atoms with Crippen molar-refractivity contribution in [1.29, 1.82) is 0 Å². The highest BCUT2D eigenvalue weighted by atomic mass is 32.2. The maximum Gasteiger partial charge on any atom is 0.311 e. The number of aliphatic hydroxyl groups excluding tert-OH is 1. The molecule has 1 unspecified atom stereocenters. The van der Waals surface area contributed by atoms with Crippen molar-refractivity contribution in [2.45, 2.75) is 62.6 Å². The molecule has 5 rings (SSSR count). The second-order valence-electron chi connectivity index (χ2n) is 11.0. The van der Waals surface area contributed by atoms with Crippen LogP contribution in [-0.4, -0.2) is 69.6 Å². The molecule has 37 heavy (non-hydrogen) atoms. The molecule has 6 atom stereocenters. The zero-order chi connectivity index (χ0) is 26.5. The Balaban J connectivity index is 1.67. The van der Waals surface area contributed by atoms with Crippen LogP contribution in [0.15, 0.2) is 42.5 Å². The quantitative estimate of drug-likeness (QED) is 0.469. The second kappa shape index (κ2) is 9.95. The summed E-state index contributed by atoms with van der Waals surface area (Å²) in [7, 11) is 0. The van der Waals surface area contributed by atoms with Crippen molar-refractivity contribution in [3.63, 3.8) is 0 Å². The molecule has 1 spiro atoms. The maximum absolute atomic E-state index is 14.6. The van der Waals surface area contributed by atoms with Gasteiger partial charge < -0.3 is 19.6 Å². The third kappa shape index (κ3) is 4.13. The summed E-state index contributed by atoms with van der Waals surface area (Å²) < 4.78 is 4.63. The molecule has 0 radical (unpaired) electrons. The number of aliphatic hydroxyl groups is 1. The molecule has 0 bridgehead atoms. The number of amides is 2. The standard InChI is InChI=1S/C29H36N2O5S/c1-17(2)15-20(16-32)31-25-27(34)30(24-18(3)9-7-10-19(24)4)13-8-12-29(25)23(26(31)33)22-21(37-29)11-5-6-14-36-28(22)35/h5,7-12,17,20-23,25,32H,6,13-16H2,1-4H3/t20-,21-,22+,23+,25?,29+/m1/s1. The van der Waals surface area contributed by atoms with E-state index in [2.05, 4.69) is 0 Å². The Morgan fingerprint density at radius 3 is 2.54 bits per heavy atom. The van der Waals surface area contributed by atoms with Crippen LogP contribution >= 0.6 is 11.8 Å². The Morgan fingerprint density at radius 2 is 1.86 bits per heavy atom. The van der Waals surface area contributed by atoms with E-state index in [9.17, 15) is 19.5 Å². The van der Waals surface area contributed by atoms with Gasteiger partial charge in [-0.05, 0) is 43.7 Å². The van der Waals surface area contributed by atoms with E-state index in [4.69, 9.17) is 4.74 Å². The fourth-order valence-corrected chi connectivity index (χ4v) is 8.68. The normalized spacial score (nSPS) is 32.0. The predicted molar refractivity (Wildman–Crippen MR) is 144 cm³/mol. The molecule has 7 nitrogen and oxygen atoms in total. The van der Waals surface area contributed by atoms with E-state index in [0.717, 1.165) is 16.8 Å². The summed E-state index contributed by atoms with van der Waals surface area (Å²) in [5.41, 5.74) is 2.82. The highest BCUT2D eigenvalue weighted by Crippen LogP contribution is 2.61. The first kappa shape index (κ1) is 26.0. The molecule has 4 heterocycles. The van der Waals surface area contributed by atoms with Crippen LogP contribution in [0, 0.1) is 31.6 Å². The monoisotopic (exact) mass is 524 g/mol. The summed E-state index contributed by atoms with van der Waals surface area (Å²) in [5, 5.41) is 10.2. The number of ether oxygens (including phenoxy) is 1. The highest BCUT2D eigenvalue weighted by molar-refractivity contribution is 8.02. The van der Waals surface area contributed by atoms with Gasteiger partial charge in [0.1, 0.15) is 6.04 Å². The van der Waals surface area contributed by atoms with Crippen molar-refractivity contribution in [1.82, 2.24) is 4.90 Å². The van der Waals surface area contributed by atoms with Gasteiger partial charge in [0, 0.05) is 17.5 Å². The number of benzene rings is 1. The number of thioether (sulfide) groups is 1. The lowest BCUT2D eigenvalue weighted by atomic mass is 9.78. The molecular formula is C29H36N2O5S. The molecule has 4 aliphatic rings. The van der Waals surface area contributed by atoms with Gasteiger partial charge in [-0.25, -0.2) is 0 Å². The number of para-hydroxylation sites is 1. The molecule has 2 fully saturated rings. The van der Waals surface area contributed by atoms with Crippen LogP contribution in [0.4, 0.5) is 5.69 Å². The number of carbonyl (C=O) groups excluding carboxylic acids is 3. The van der Waals surface area contributed by atoms with E-state index in [-0.39, 0.29) is 42.2 Å². The molecule has 1 N–H and O–H groups in total. The van der Waals surface area contributed by atoms with Gasteiger partial charge in [0.2, 0.25) is 5.91 Å². The molecule has 1 aromatic rings. The van der Waals surface area contributed by atoms with Gasteiger partial charge in [0.25, 0.3) is 5.91 Å². The van der Waals surface area contributed by atoms with E-state index in [1.54, 1.807) is 9.80 Å². The number of esters is 1. The Labute approximate surface area is 222 Å². The van der Waals surface area contributed by atoms with Crippen LogP contribution in [0.5, 0.6) is 0 Å². The average molecular weight is 525 g/mol. The summed E-state index contributed by atoms with van der Waals surface area (Å²) in [6, 6.07) is 4.60. The fraction of sp³-hybridized carbons (Fsp3) is 0.552. The summed E-state index contributed by atoms with van der Waals surface area (Å²) in [4.78, 5) is 45.6. The smallest absolute Gasteiger partial charge is 0.311 e. The van der Waals surface area contributed by atoms with E-state index in [1.807, 2.05) is 70.2 Å². The van der Waals surface area contributed by atoms with Crippen molar-refractivity contribution in [2.75, 3.05) is 24.7 Å². The van der Waals surface area contributed by atoms with Gasteiger partial charge in [0.05, 0.1) is 35.8 Å². The number of carbonyl (C=O) groups is 3. The average Bonchev–Trinajstić information content (AvgIpc) is 3.22. The maximum atomic E-state index is 14.6. The Bertz CT molecular complexity index is 1140. The van der Waals surface area contributed by atoms with Gasteiger partial charge in [0.15, 0.2) is 0 Å². The number of anilines is 1. The van der Waals surface area contributed by atoms with Gasteiger partial charge in [-0.15, -0.1) is 11.8 Å². The van der Waals surface area contributed by atoms with Crippen LogP contribution < -0.4 is 4.90 Å². The van der Waals surface area contributed by atoms with Gasteiger partial charge in [-0.2, -0.15) is 0 Å². The molecule has 0 aliphatic carbocycles.